The van der Waals surface area contributed by atoms with Crippen molar-refractivity contribution in [3.63, 3.8) is 0 Å². The Bertz CT molecular complexity index is 1090. The van der Waals surface area contributed by atoms with Crippen molar-refractivity contribution >= 4 is 37.7 Å². The standard InChI is InChI=1S/C23H31BrN4O4S/c1-17-7-5-6-8-21(17)33(30,31)26-25-16-18-15-19(24)9-10-20(18)27-11-13-28(14-12-27)22(29)32-23(2,3)4/h5-10,15,25-26H,11-14,16H2,1-4H3. The smallest absolute Gasteiger partial charge is 0.410 e. The lowest BCUT2D eigenvalue weighted by Crippen LogP contribution is -2.50. The number of sulfonamides is 1. The summed E-state index contributed by atoms with van der Waals surface area (Å²) in [5.41, 5.74) is 4.94. The van der Waals surface area contributed by atoms with Crippen LogP contribution in [0.4, 0.5) is 10.5 Å². The molecule has 0 saturated carbocycles. The van der Waals surface area contributed by atoms with E-state index in [2.05, 4.69) is 31.1 Å². The van der Waals surface area contributed by atoms with Gasteiger partial charge in [-0.3, -0.25) is 0 Å². The van der Waals surface area contributed by atoms with Crippen LogP contribution in [0.1, 0.15) is 31.9 Å². The molecule has 0 aromatic heterocycles. The Morgan fingerprint density at radius 1 is 1.09 bits per heavy atom. The molecule has 2 aromatic rings. The highest BCUT2D eigenvalue weighted by atomic mass is 79.9. The fourth-order valence-electron chi connectivity index (χ4n) is 3.60. The maximum atomic E-state index is 12.7. The summed E-state index contributed by atoms with van der Waals surface area (Å²) in [6.07, 6.45) is -0.301. The summed E-state index contributed by atoms with van der Waals surface area (Å²) in [6.45, 7) is 10.0. The zero-order chi connectivity index (χ0) is 24.2. The van der Waals surface area contributed by atoms with Crippen molar-refractivity contribution in [2.75, 3.05) is 31.1 Å². The Morgan fingerprint density at radius 3 is 2.39 bits per heavy atom. The topological polar surface area (TPSA) is 91.0 Å². The van der Waals surface area contributed by atoms with E-state index in [1.165, 1.54) is 0 Å². The van der Waals surface area contributed by atoms with Gasteiger partial charge in [-0.1, -0.05) is 34.1 Å². The summed E-state index contributed by atoms with van der Waals surface area (Å²) in [5, 5.41) is 0. The first-order valence-corrected chi connectivity index (χ1v) is 13.1. The van der Waals surface area contributed by atoms with Crippen LogP contribution in [0.2, 0.25) is 0 Å². The van der Waals surface area contributed by atoms with Gasteiger partial charge < -0.3 is 14.5 Å². The molecule has 0 unspecified atom stereocenters. The number of halogens is 1. The highest BCUT2D eigenvalue weighted by molar-refractivity contribution is 9.10. The lowest BCUT2D eigenvalue weighted by molar-refractivity contribution is 0.0240. The van der Waals surface area contributed by atoms with Crippen LogP contribution in [0.25, 0.3) is 0 Å². The molecule has 1 amide bonds. The number of hydrogen-bond donors (Lipinski definition) is 2. The number of hydrogen-bond acceptors (Lipinski definition) is 6. The number of nitrogens with zero attached hydrogens (tertiary/aromatic N) is 2. The van der Waals surface area contributed by atoms with Gasteiger partial charge in [-0.2, -0.15) is 0 Å². The first-order chi connectivity index (χ1) is 15.5. The van der Waals surface area contributed by atoms with Gasteiger partial charge in [0.05, 0.1) is 4.90 Å². The van der Waals surface area contributed by atoms with Crippen molar-refractivity contribution in [1.82, 2.24) is 15.2 Å². The van der Waals surface area contributed by atoms with Gasteiger partial charge in [0.2, 0.25) is 0 Å². The van der Waals surface area contributed by atoms with Gasteiger partial charge in [-0.05, 0) is 63.1 Å². The molecule has 33 heavy (non-hydrogen) atoms. The molecule has 3 rings (SSSR count). The van der Waals surface area contributed by atoms with Gasteiger partial charge in [0.15, 0.2) is 0 Å². The number of nitrogens with one attached hydrogen (secondary N) is 2. The number of hydrazine groups is 1. The third kappa shape index (κ3) is 6.92. The summed E-state index contributed by atoms with van der Waals surface area (Å²) in [4.78, 5) is 19.0. The van der Waals surface area contributed by atoms with Crippen molar-refractivity contribution in [3.8, 4) is 0 Å². The average Bonchev–Trinajstić information content (AvgIpc) is 2.73. The Morgan fingerprint density at radius 2 is 1.76 bits per heavy atom. The quantitative estimate of drug-likeness (QED) is 0.543. The van der Waals surface area contributed by atoms with E-state index >= 15 is 0 Å². The molecule has 0 bridgehead atoms. The summed E-state index contributed by atoms with van der Waals surface area (Å²) in [5.74, 6) is 0. The Hall–Kier alpha value is -2.14. The first kappa shape index (κ1) is 25.5. The highest BCUT2D eigenvalue weighted by Gasteiger charge is 2.26. The summed E-state index contributed by atoms with van der Waals surface area (Å²) < 4.78 is 31.7. The summed E-state index contributed by atoms with van der Waals surface area (Å²) >= 11 is 3.50. The van der Waals surface area contributed by atoms with Crippen LogP contribution in [0, 0.1) is 6.92 Å². The van der Waals surface area contributed by atoms with E-state index < -0.39 is 15.6 Å². The van der Waals surface area contributed by atoms with Gasteiger partial charge >= 0.3 is 6.09 Å². The van der Waals surface area contributed by atoms with Crippen molar-refractivity contribution in [2.45, 2.75) is 44.7 Å². The van der Waals surface area contributed by atoms with Gasteiger partial charge in [0.1, 0.15) is 5.60 Å². The maximum Gasteiger partial charge on any atom is 0.410 e. The third-order valence-electron chi connectivity index (χ3n) is 5.18. The summed E-state index contributed by atoms with van der Waals surface area (Å²) in [6, 6.07) is 12.8. The van der Waals surface area contributed by atoms with Crippen LogP contribution in [0.5, 0.6) is 0 Å². The third-order valence-corrected chi connectivity index (χ3v) is 7.13. The molecule has 0 aliphatic carbocycles. The molecule has 0 atom stereocenters. The van der Waals surface area contributed by atoms with E-state index in [9.17, 15) is 13.2 Å². The van der Waals surface area contributed by atoms with Crippen molar-refractivity contribution < 1.29 is 17.9 Å². The van der Waals surface area contributed by atoms with E-state index in [0.717, 1.165) is 15.7 Å². The molecule has 1 fully saturated rings. The second-order valence-corrected chi connectivity index (χ2v) is 11.5. The molecule has 10 heteroatoms. The number of aryl methyl sites for hydroxylation is 1. The molecule has 0 spiro atoms. The number of benzene rings is 2. The minimum absolute atomic E-state index is 0.241. The minimum atomic E-state index is -3.69. The van der Waals surface area contributed by atoms with Crippen LogP contribution < -0.4 is 15.2 Å². The van der Waals surface area contributed by atoms with Crippen molar-refractivity contribution in [1.29, 1.82) is 0 Å². The molecule has 1 heterocycles. The second-order valence-electron chi connectivity index (χ2n) is 8.95. The predicted molar refractivity (Wildman–Crippen MR) is 133 cm³/mol. The molecule has 2 aromatic carbocycles. The minimum Gasteiger partial charge on any atom is -0.444 e. The largest absolute Gasteiger partial charge is 0.444 e. The van der Waals surface area contributed by atoms with Crippen LogP contribution in [0.15, 0.2) is 51.8 Å². The number of amides is 1. The normalized spacial score (nSPS) is 14.9. The van der Waals surface area contributed by atoms with Gasteiger partial charge in [-0.25, -0.2) is 18.6 Å². The zero-order valence-electron chi connectivity index (χ0n) is 19.4. The fraction of sp³-hybridized carbons (Fsp3) is 0.435. The van der Waals surface area contributed by atoms with Crippen LogP contribution in [-0.4, -0.2) is 51.2 Å². The Labute approximate surface area is 204 Å². The molecule has 1 aliphatic rings. The molecule has 1 saturated heterocycles. The van der Waals surface area contributed by atoms with Crippen molar-refractivity contribution in [3.05, 3.63) is 58.1 Å². The van der Waals surface area contributed by atoms with E-state index in [4.69, 9.17) is 4.74 Å². The maximum absolute atomic E-state index is 12.7. The molecule has 0 radical (unpaired) electrons. The van der Waals surface area contributed by atoms with Crippen LogP contribution in [0.3, 0.4) is 0 Å². The molecule has 2 N–H and O–H groups in total. The lowest BCUT2D eigenvalue weighted by atomic mass is 10.1. The summed E-state index contributed by atoms with van der Waals surface area (Å²) in [7, 11) is -3.69. The molecular weight excluding hydrogens is 508 g/mol. The van der Waals surface area contributed by atoms with Crippen LogP contribution >= 0.6 is 15.9 Å². The van der Waals surface area contributed by atoms with Gasteiger partial charge in [0.25, 0.3) is 10.0 Å². The van der Waals surface area contributed by atoms with E-state index in [1.807, 2.05) is 39.0 Å². The van der Waals surface area contributed by atoms with E-state index in [-0.39, 0.29) is 11.0 Å². The van der Waals surface area contributed by atoms with E-state index in [0.29, 0.717) is 38.3 Å². The number of piperazine rings is 1. The number of rotatable bonds is 6. The Kier molecular flexibility index (Phi) is 8.04. The molecular formula is C23H31BrN4O4S. The number of carbonyl (C=O) groups excluding carboxylic acids is 1. The number of ether oxygens (including phenoxy) is 1. The van der Waals surface area contributed by atoms with Gasteiger partial charge in [-0.15, -0.1) is 4.83 Å². The Balaban J connectivity index is 1.64. The molecule has 8 nitrogen and oxygen atoms in total. The number of anilines is 1. The fourth-order valence-corrected chi connectivity index (χ4v) is 5.13. The van der Waals surface area contributed by atoms with Gasteiger partial charge in [0, 0.05) is 42.9 Å². The monoisotopic (exact) mass is 538 g/mol. The SMILES string of the molecule is Cc1ccccc1S(=O)(=O)NNCc1cc(Br)ccc1N1CCN(C(=O)OC(C)(C)C)CC1. The van der Waals surface area contributed by atoms with E-state index in [1.54, 1.807) is 36.1 Å². The number of carbonyl (C=O) groups is 1. The second kappa shape index (κ2) is 10.4. The molecule has 180 valence electrons. The zero-order valence-corrected chi connectivity index (χ0v) is 21.8. The average molecular weight is 539 g/mol. The predicted octanol–water partition coefficient (Wildman–Crippen LogP) is 3.80. The van der Waals surface area contributed by atoms with Crippen molar-refractivity contribution in [2.24, 2.45) is 0 Å². The highest BCUT2D eigenvalue weighted by Crippen LogP contribution is 2.26. The van der Waals surface area contributed by atoms with Crippen LogP contribution in [-0.2, 0) is 21.3 Å². The molecule has 1 aliphatic heterocycles. The first-order valence-electron chi connectivity index (χ1n) is 10.8. The lowest BCUT2D eigenvalue weighted by Gasteiger charge is -2.37.